The van der Waals surface area contributed by atoms with Crippen molar-refractivity contribution in [3.8, 4) is 0 Å². The summed E-state index contributed by atoms with van der Waals surface area (Å²) in [5, 5.41) is 13.9. The zero-order valence-electron chi connectivity index (χ0n) is 11.2. The SMILES string of the molecule is NC(=O)COCCNC(=O)N[C@@H](C(=O)O)c1ccccc1. The second kappa shape index (κ2) is 8.54. The monoisotopic (exact) mass is 295 g/mol. The Balaban J connectivity index is 2.40. The molecule has 0 aliphatic carbocycles. The van der Waals surface area contributed by atoms with E-state index in [0.717, 1.165) is 0 Å². The van der Waals surface area contributed by atoms with Gasteiger partial charge < -0.3 is 26.2 Å². The molecule has 0 saturated heterocycles. The number of rotatable bonds is 8. The number of aliphatic carboxylic acids is 1. The van der Waals surface area contributed by atoms with E-state index in [1.54, 1.807) is 30.3 Å². The number of carboxylic acids is 1. The number of ether oxygens (including phenoxy) is 1. The quantitative estimate of drug-likeness (QED) is 0.485. The summed E-state index contributed by atoms with van der Waals surface area (Å²) in [6.07, 6.45) is 0. The van der Waals surface area contributed by atoms with Gasteiger partial charge in [-0.25, -0.2) is 9.59 Å². The van der Waals surface area contributed by atoms with E-state index in [1.165, 1.54) is 0 Å². The van der Waals surface area contributed by atoms with Gasteiger partial charge >= 0.3 is 12.0 Å². The first-order chi connectivity index (χ1) is 10.0. The van der Waals surface area contributed by atoms with Crippen molar-refractivity contribution in [2.75, 3.05) is 19.8 Å². The van der Waals surface area contributed by atoms with Crippen molar-refractivity contribution in [1.29, 1.82) is 0 Å². The van der Waals surface area contributed by atoms with Gasteiger partial charge in [0.1, 0.15) is 6.61 Å². The summed E-state index contributed by atoms with van der Waals surface area (Å²) in [4.78, 5) is 33.2. The number of carbonyl (C=O) groups is 3. The first kappa shape index (κ1) is 16.4. The van der Waals surface area contributed by atoms with E-state index < -0.39 is 23.9 Å². The van der Waals surface area contributed by atoms with E-state index >= 15 is 0 Å². The Hall–Kier alpha value is -2.61. The number of carboxylic acid groups (broad SMARTS) is 1. The molecule has 21 heavy (non-hydrogen) atoms. The standard InChI is InChI=1S/C13H17N3O5/c14-10(17)8-21-7-6-15-13(20)16-11(12(18)19)9-4-2-1-3-5-9/h1-5,11H,6-8H2,(H2,14,17)(H,18,19)(H2,15,16,20)/t11-/m1/s1. The number of hydrogen-bond acceptors (Lipinski definition) is 4. The van der Waals surface area contributed by atoms with Gasteiger partial charge in [0.2, 0.25) is 5.91 Å². The summed E-state index contributed by atoms with van der Waals surface area (Å²) in [7, 11) is 0. The molecule has 1 rings (SSSR count). The molecule has 1 aromatic carbocycles. The number of primary amides is 1. The highest BCUT2D eigenvalue weighted by molar-refractivity contribution is 5.83. The van der Waals surface area contributed by atoms with Crippen LogP contribution in [0, 0.1) is 0 Å². The van der Waals surface area contributed by atoms with Crippen LogP contribution in [0.15, 0.2) is 30.3 Å². The number of hydrogen-bond donors (Lipinski definition) is 4. The van der Waals surface area contributed by atoms with E-state index in [1.807, 2.05) is 0 Å². The number of amides is 3. The number of urea groups is 1. The van der Waals surface area contributed by atoms with Crippen LogP contribution in [0.25, 0.3) is 0 Å². The van der Waals surface area contributed by atoms with Crippen LogP contribution < -0.4 is 16.4 Å². The third-order valence-electron chi connectivity index (χ3n) is 2.43. The van der Waals surface area contributed by atoms with Crippen LogP contribution >= 0.6 is 0 Å². The molecule has 8 heteroatoms. The Bertz CT molecular complexity index is 492. The summed E-state index contributed by atoms with van der Waals surface area (Å²) < 4.78 is 4.85. The lowest BCUT2D eigenvalue weighted by atomic mass is 10.1. The van der Waals surface area contributed by atoms with Gasteiger partial charge in [-0.3, -0.25) is 4.79 Å². The van der Waals surface area contributed by atoms with Crippen molar-refractivity contribution in [2.24, 2.45) is 5.73 Å². The fourth-order valence-corrected chi connectivity index (χ4v) is 1.52. The zero-order valence-corrected chi connectivity index (χ0v) is 11.2. The summed E-state index contributed by atoms with van der Waals surface area (Å²) in [5.74, 6) is -1.77. The maximum absolute atomic E-state index is 11.6. The maximum atomic E-state index is 11.6. The average Bonchev–Trinajstić information content (AvgIpc) is 2.44. The lowest BCUT2D eigenvalue weighted by Gasteiger charge is -2.15. The van der Waals surface area contributed by atoms with Gasteiger partial charge in [-0.1, -0.05) is 30.3 Å². The Morgan fingerprint density at radius 2 is 1.90 bits per heavy atom. The van der Waals surface area contributed by atoms with Gasteiger partial charge in [-0.2, -0.15) is 0 Å². The molecular formula is C13H17N3O5. The van der Waals surface area contributed by atoms with Crippen LogP contribution in [0.5, 0.6) is 0 Å². The first-order valence-corrected chi connectivity index (χ1v) is 6.19. The molecular weight excluding hydrogens is 278 g/mol. The second-order valence-corrected chi connectivity index (χ2v) is 4.10. The van der Waals surface area contributed by atoms with Gasteiger partial charge in [-0.15, -0.1) is 0 Å². The second-order valence-electron chi connectivity index (χ2n) is 4.10. The highest BCUT2D eigenvalue weighted by Gasteiger charge is 2.21. The fourth-order valence-electron chi connectivity index (χ4n) is 1.52. The number of nitrogens with two attached hydrogens (primary N) is 1. The highest BCUT2D eigenvalue weighted by atomic mass is 16.5. The summed E-state index contributed by atoms with van der Waals surface area (Å²) in [5.41, 5.74) is 5.33. The number of carbonyl (C=O) groups excluding carboxylic acids is 2. The molecule has 0 aromatic heterocycles. The van der Waals surface area contributed by atoms with Crippen LogP contribution in [0.2, 0.25) is 0 Å². The number of benzene rings is 1. The highest BCUT2D eigenvalue weighted by Crippen LogP contribution is 2.12. The molecule has 0 bridgehead atoms. The van der Waals surface area contributed by atoms with Crippen LogP contribution in [0.3, 0.4) is 0 Å². The summed E-state index contributed by atoms with van der Waals surface area (Å²) >= 11 is 0. The van der Waals surface area contributed by atoms with Crippen LogP contribution in [0.1, 0.15) is 11.6 Å². The van der Waals surface area contributed by atoms with Crippen molar-refractivity contribution >= 4 is 17.9 Å². The normalized spacial score (nSPS) is 11.4. The van der Waals surface area contributed by atoms with Crippen LogP contribution in [-0.4, -0.2) is 42.8 Å². The van der Waals surface area contributed by atoms with E-state index in [2.05, 4.69) is 10.6 Å². The first-order valence-electron chi connectivity index (χ1n) is 6.19. The lowest BCUT2D eigenvalue weighted by molar-refractivity contribution is -0.139. The molecule has 0 fully saturated rings. The van der Waals surface area contributed by atoms with Gasteiger partial charge in [0.05, 0.1) is 6.61 Å². The molecule has 0 aliphatic rings. The molecule has 114 valence electrons. The molecule has 0 heterocycles. The van der Waals surface area contributed by atoms with E-state index in [9.17, 15) is 14.4 Å². The van der Waals surface area contributed by atoms with Crippen LogP contribution in [-0.2, 0) is 14.3 Å². The van der Waals surface area contributed by atoms with Gasteiger partial charge in [-0.05, 0) is 5.56 Å². The van der Waals surface area contributed by atoms with Crippen molar-refractivity contribution in [3.63, 3.8) is 0 Å². The minimum Gasteiger partial charge on any atom is -0.479 e. The zero-order chi connectivity index (χ0) is 15.7. The van der Waals surface area contributed by atoms with Crippen molar-refractivity contribution in [1.82, 2.24) is 10.6 Å². The van der Waals surface area contributed by atoms with Gasteiger partial charge in [0, 0.05) is 6.54 Å². The number of nitrogens with one attached hydrogen (secondary N) is 2. The van der Waals surface area contributed by atoms with Crippen molar-refractivity contribution < 1.29 is 24.2 Å². The topological polar surface area (TPSA) is 131 Å². The predicted octanol–water partition coefficient (Wildman–Crippen LogP) is -0.387. The molecule has 1 aromatic rings. The predicted molar refractivity (Wildman–Crippen MR) is 73.4 cm³/mol. The Kier molecular flexibility index (Phi) is 6.69. The molecule has 5 N–H and O–H groups in total. The van der Waals surface area contributed by atoms with Gasteiger partial charge in [0.25, 0.3) is 0 Å². The molecule has 0 radical (unpaired) electrons. The molecule has 8 nitrogen and oxygen atoms in total. The summed E-state index contributed by atoms with van der Waals surface area (Å²) in [6, 6.07) is 6.54. The van der Waals surface area contributed by atoms with Crippen molar-refractivity contribution in [2.45, 2.75) is 6.04 Å². The molecule has 1 atom stereocenters. The Morgan fingerprint density at radius 3 is 2.48 bits per heavy atom. The third-order valence-corrected chi connectivity index (χ3v) is 2.43. The fraction of sp³-hybridized carbons (Fsp3) is 0.308. The Morgan fingerprint density at radius 1 is 1.24 bits per heavy atom. The molecule has 0 aliphatic heterocycles. The maximum Gasteiger partial charge on any atom is 0.330 e. The molecule has 3 amide bonds. The minimum atomic E-state index is -1.17. The van der Waals surface area contributed by atoms with Gasteiger partial charge in [0.15, 0.2) is 6.04 Å². The van der Waals surface area contributed by atoms with E-state index in [0.29, 0.717) is 5.56 Å². The molecule has 0 unspecified atom stereocenters. The molecule has 0 spiro atoms. The third kappa shape index (κ3) is 6.39. The summed E-state index contributed by atoms with van der Waals surface area (Å²) in [6.45, 7) is -0.00918. The minimum absolute atomic E-state index is 0.0967. The van der Waals surface area contributed by atoms with Crippen LogP contribution in [0.4, 0.5) is 4.79 Å². The Labute approximate surface area is 121 Å². The van der Waals surface area contributed by atoms with E-state index in [4.69, 9.17) is 15.6 Å². The van der Waals surface area contributed by atoms with Crippen molar-refractivity contribution in [3.05, 3.63) is 35.9 Å². The largest absolute Gasteiger partial charge is 0.479 e. The molecule has 0 saturated carbocycles. The lowest BCUT2D eigenvalue weighted by Crippen LogP contribution is -2.42. The van der Waals surface area contributed by atoms with E-state index in [-0.39, 0.29) is 19.8 Å². The average molecular weight is 295 g/mol. The smallest absolute Gasteiger partial charge is 0.330 e.